The zero-order valence-electron chi connectivity index (χ0n) is 17.7. The van der Waals surface area contributed by atoms with Gasteiger partial charge in [0.2, 0.25) is 0 Å². The topological polar surface area (TPSA) is 115 Å². The minimum absolute atomic E-state index is 0.0328. The molecule has 0 saturated carbocycles. The van der Waals surface area contributed by atoms with Crippen molar-refractivity contribution in [2.45, 2.75) is 0 Å². The fourth-order valence-electron chi connectivity index (χ4n) is 4.12. The molecule has 0 aliphatic carbocycles. The van der Waals surface area contributed by atoms with Crippen LogP contribution >= 0.6 is 0 Å². The number of terminal acetylenes is 2. The summed E-state index contributed by atoms with van der Waals surface area (Å²) in [5.74, 6) is 3.44. The molecule has 0 unspecified atom stereocenters. The summed E-state index contributed by atoms with van der Waals surface area (Å²) >= 11 is 0. The Labute approximate surface area is 195 Å². The molecule has 2 aromatic heterocycles. The first-order chi connectivity index (χ1) is 16.7. The largest absolute Gasteiger partial charge is 0.478 e. The van der Waals surface area contributed by atoms with Crippen LogP contribution in [-0.2, 0) is 0 Å². The molecule has 35 heavy (non-hydrogen) atoms. The fourth-order valence-corrected chi connectivity index (χ4v) is 4.12. The Hall–Kier alpha value is -5.47. The molecule has 0 amide bonds. The van der Waals surface area contributed by atoms with E-state index in [1.165, 1.54) is 30.3 Å². The van der Waals surface area contributed by atoms with Gasteiger partial charge in [-0.05, 0) is 48.5 Å². The Balaban J connectivity index is 1.82. The lowest BCUT2D eigenvalue weighted by atomic mass is 10.1. The van der Waals surface area contributed by atoms with Gasteiger partial charge in [0.25, 0.3) is 22.2 Å². The number of rotatable bonds is 3. The molecule has 0 radical (unpaired) electrons. The summed E-state index contributed by atoms with van der Waals surface area (Å²) in [4.78, 5) is 64.0. The van der Waals surface area contributed by atoms with Crippen molar-refractivity contribution < 1.29 is 9.90 Å². The van der Waals surface area contributed by atoms with E-state index in [0.29, 0.717) is 5.56 Å². The van der Waals surface area contributed by atoms with E-state index in [1.807, 2.05) is 0 Å². The summed E-state index contributed by atoms with van der Waals surface area (Å²) in [6.07, 6.45) is 10.8. The molecule has 2 heterocycles. The lowest BCUT2D eigenvalue weighted by Gasteiger charge is -2.04. The third-order valence-corrected chi connectivity index (χ3v) is 5.75. The van der Waals surface area contributed by atoms with Crippen molar-refractivity contribution in [3.8, 4) is 36.1 Å². The molecule has 0 atom stereocenters. The summed E-state index contributed by atoms with van der Waals surface area (Å²) in [6, 6.07) is 12.4. The number of carboxylic acids is 1. The summed E-state index contributed by atoms with van der Waals surface area (Å²) in [5, 5.41) is 9.11. The van der Waals surface area contributed by atoms with Gasteiger partial charge in [-0.1, -0.05) is 17.9 Å². The summed E-state index contributed by atoms with van der Waals surface area (Å²) < 4.78 is 1.71. The molecule has 5 aromatic rings. The zero-order valence-corrected chi connectivity index (χ0v) is 17.7. The average Bonchev–Trinajstić information content (AvgIpc) is 3.26. The van der Waals surface area contributed by atoms with Gasteiger partial charge in [-0.15, -0.1) is 12.8 Å². The molecule has 0 fully saturated rings. The normalized spacial score (nSPS) is 10.9. The molecule has 8 heteroatoms. The third kappa shape index (κ3) is 3.10. The highest BCUT2D eigenvalue weighted by Gasteiger charge is 2.21. The third-order valence-electron chi connectivity index (χ3n) is 5.75. The van der Waals surface area contributed by atoms with Crippen molar-refractivity contribution in [3.63, 3.8) is 0 Å². The van der Waals surface area contributed by atoms with Gasteiger partial charge in [0, 0.05) is 11.1 Å². The monoisotopic (exact) mass is 460 g/mol. The second-order valence-electron chi connectivity index (χ2n) is 7.75. The molecule has 3 aromatic carbocycles. The number of carboxylic acid groups (broad SMARTS) is 1. The van der Waals surface area contributed by atoms with Gasteiger partial charge in [0.05, 0.1) is 38.5 Å². The molecule has 0 aliphatic heterocycles. The van der Waals surface area contributed by atoms with Gasteiger partial charge >= 0.3 is 5.97 Å². The van der Waals surface area contributed by atoms with E-state index in [9.17, 15) is 29.1 Å². The quantitative estimate of drug-likeness (QED) is 0.409. The minimum atomic E-state index is -1.29. The van der Waals surface area contributed by atoms with E-state index in [0.717, 1.165) is 15.2 Å². The first kappa shape index (κ1) is 21.4. The van der Waals surface area contributed by atoms with Crippen LogP contribution in [0.1, 0.15) is 21.5 Å². The van der Waals surface area contributed by atoms with Gasteiger partial charge in [-0.3, -0.25) is 19.2 Å². The number of benzene rings is 3. The predicted molar refractivity (Wildman–Crippen MR) is 130 cm³/mol. The van der Waals surface area contributed by atoms with Crippen molar-refractivity contribution >= 4 is 27.5 Å². The van der Waals surface area contributed by atoms with Crippen LogP contribution in [0.15, 0.2) is 73.8 Å². The highest BCUT2D eigenvalue weighted by atomic mass is 16.4. The Bertz CT molecular complexity index is 1960. The molecule has 166 valence electrons. The molecule has 1 N–H and O–H groups in total. The van der Waals surface area contributed by atoms with Crippen molar-refractivity contribution in [2.75, 3.05) is 0 Å². The minimum Gasteiger partial charge on any atom is -0.478 e. The first-order valence-corrected chi connectivity index (χ1v) is 10.1. The van der Waals surface area contributed by atoms with Gasteiger partial charge < -0.3 is 5.11 Å². The number of aromatic carboxylic acids is 1. The van der Waals surface area contributed by atoms with Crippen LogP contribution in [0.4, 0.5) is 0 Å². The summed E-state index contributed by atoms with van der Waals surface area (Å²) in [5.41, 5.74) is -2.21. The molecule has 5 rings (SSSR count). The average molecular weight is 460 g/mol. The lowest BCUT2D eigenvalue weighted by Crippen LogP contribution is -2.24. The van der Waals surface area contributed by atoms with E-state index < -0.39 is 28.2 Å². The predicted octanol–water partition coefficient (Wildman–Crippen LogP) is 1.55. The van der Waals surface area contributed by atoms with E-state index in [-0.39, 0.29) is 44.0 Å². The molecule has 0 saturated heterocycles. The van der Waals surface area contributed by atoms with E-state index in [2.05, 4.69) is 11.8 Å². The number of hydrogen-bond acceptors (Lipinski definition) is 5. The number of carbonyl (C=O) groups is 1. The lowest BCUT2D eigenvalue weighted by molar-refractivity contribution is 0.0697. The molecule has 0 bridgehead atoms. The Kier molecular flexibility index (Phi) is 4.61. The zero-order chi connectivity index (χ0) is 25.0. The van der Waals surface area contributed by atoms with Crippen LogP contribution in [0.3, 0.4) is 0 Å². The molecule has 8 nitrogen and oxygen atoms in total. The molecule has 0 aliphatic rings. The summed E-state index contributed by atoms with van der Waals surface area (Å²) in [7, 11) is 0. The van der Waals surface area contributed by atoms with Crippen LogP contribution in [0.25, 0.3) is 32.9 Å². The van der Waals surface area contributed by atoms with Gasteiger partial charge in [-0.25, -0.2) is 13.9 Å². The van der Waals surface area contributed by atoms with Crippen molar-refractivity contribution in [1.29, 1.82) is 0 Å². The van der Waals surface area contributed by atoms with Crippen LogP contribution in [0.2, 0.25) is 0 Å². The standard InChI is InChI=1S/C27H12N2O6/c1-3-14-6-5-7-17(9-14)28-23(30)19-12-21-22(13-20(19)24(28)31)26(33)29(25(21)32)18-10-15(4-2)8-16(11-18)27(34)35/h1-2,5-13H,(H,34,35). The maximum Gasteiger partial charge on any atom is 0.335 e. The fraction of sp³-hybridized carbons (Fsp3) is 0. The van der Waals surface area contributed by atoms with E-state index in [4.69, 9.17) is 12.8 Å². The summed E-state index contributed by atoms with van der Waals surface area (Å²) in [6.45, 7) is 0. The number of aromatic nitrogens is 2. The van der Waals surface area contributed by atoms with Crippen LogP contribution in [-0.4, -0.2) is 20.2 Å². The van der Waals surface area contributed by atoms with E-state index in [1.54, 1.807) is 18.2 Å². The molecular formula is C27H12N2O6. The van der Waals surface area contributed by atoms with Crippen LogP contribution in [0, 0.1) is 24.7 Å². The number of fused-ring (bicyclic) bond motifs is 2. The number of hydrogen-bond donors (Lipinski definition) is 1. The maximum atomic E-state index is 13.2. The maximum absolute atomic E-state index is 13.2. The van der Waals surface area contributed by atoms with E-state index >= 15 is 0 Å². The first-order valence-electron chi connectivity index (χ1n) is 10.1. The SMILES string of the molecule is C#Cc1cccc(-n2c(=O)c3cc4c(=O)n(-c5cc(C#C)cc(C(=O)O)c5)c(=O)c4cc3c2=O)c1. The van der Waals surface area contributed by atoms with Crippen molar-refractivity contribution in [3.05, 3.63) is 113 Å². The van der Waals surface area contributed by atoms with Crippen molar-refractivity contribution in [1.82, 2.24) is 9.13 Å². The van der Waals surface area contributed by atoms with Gasteiger partial charge in [-0.2, -0.15) is 0 Å². The molecule has 0 spiro atoms. The highest BCUT2D eigenvalue weighted by molar-refractivity contribution is 5.98. The smallest absolute Gasteiger partial charge is 0.335 e. The van der Waals surface area contributed by atoms with Crippen LogP contribution in [0.5, 0.6) is 0 Å². The second-order valence-corrected chi connectivity index (χ2v) is 7.75. The number of nitrogens with zero attached hydrogens (tertiary/aromatic N) is 2. The van der Waals surface area contributed by atoms with Crippen molar-refractivity contribution in [2.24, 2.45) is 0 Å². The van der Waals surface area contributed by atoms with Crippen LogP contribution < -0.4 is 22.2 Å². The molecular weight excluding hydrogens is 448 g/mol. The second kappa shape index (κ2) is 7.55. The van der Waals surface area contributed by atoms with Gasteiger partial charge in [0.1, 0.15) is 0 Å². The Morgan fingerprint density at radius 3 is 1.63 bits per heavy atom. The Morgan fingerprint density at radius 2 is 1.14 bits per heavy atom. The Morgan fingerprint density at radius 1 is 0.657 bits per heavy atom. The highest BCUT2D eigenvalue weighted by Crippen LogP contribution is 2.19. The van der Waals surface area contributed by atoms with Gasteiger partial charge in [0.15, 0.2) is 0 Å².